The van der Waals surface area contributed by atoms with E-state index in [1.54, 1.807) is 0 Å². The fraction of sp³-hybridized carbons (Fsp3) is 0.978. The van der Waals surface area contributed by atoms with Crippen LogP contribution in [0.15, 0.2) is 0 Å². The Morgan fingerprint density at radius 2 is 0.736 bits per heavy atom. The first-order valence-electron chi connectivity index (χ1n) is 23.8. The number of rotatable bonds is 45. The maximum Gasteiger partial charge on any atom is 0.325 e. The molecule has 53 heavy (non-hydrogen) atoms. The zero-order valence-electron chi connectivity index (χ0n) is 36.5. The van der Waals surface area contributed by atoms with Crippen LogP contribution in [0, 0.1) is 0 Å². The van der Waals surface area contributed by atoms with Gasteiger partial charge in [0.2, 0.25) is 0 Å². The summed E-state index contributed by atoms with van der Waals surface area (Å²) < 4.78 is 0. The molecule has 7 heteroatoms. The van der Waals surface area contributed by atoms with Crippen LogP contribution in [0.25, 0.3) is 0 Å². The Balaban J connectivity index is 3.86. The highest BCUT2D eigenvalue weighted by molar-refractivity contribution is 5.68. The first kappa shape index (κ1) is 52.3. The number of hydrogen-bond acceptors (Lipinski definition) is 7. The molecule has 0 radical (unpaired) electrons. The van der Waals surface area contributed by atoms with Gasteiger partial charge in [-0.05, 0) is 64.5 Å². The smallest absolute Gasteiger partial charge is 0.325 e. The van der Waals surface area contributed by atoms with Crippen LogP contribution in [-0.2, 0) is 14.5 Å². The number of carbonyl (C=O) groups excluding carboxylic acids is 1. The lowest BCUT2D eigenvalue weighted by Gasteiger charge is -2.22. The number of aliphatic hydroxyl groups excluding tert-OH is 1. The molecule has 1 N–H and O–H groups in total. The molecule has 0 rings (SSSR count). The lowest BCUT2D eigenvalue weighted by molar-refractivity contribution is -0.191. The van der Waals surface area contributed by atoms with E-state index in [1.807, 2.05) is 5.06 Å². The molecule has 0 saturated heterocycles. The van der Waals surface area contributed by atoms with Crippen molar-refractivity contribution < 1.29 is 19.6 Å². The van der Waals surface area contributed by atoms with Gasteiger partial charge in [-0.1, -0.05) is 175 Å². The second-order valence-electron chi connectivity index (χ2n) is 16.0. The standard InChI is InChI=1S/C46H95N3O4/c1-5-9-13-31-39-48(40-32-14-10-6-2)52-45-35-27-23-18-17-21-25-29-37-47(43-44-50)38-30-26-22-19-20-24-28-36-46(51)53-49(41-33-15-11-7-3)42-34-16-12-8-4/h50H,5-45H2,1-4H3. The largest absolute Gasteiger partial charge is 0.395 e. The van der Waals surface area contributed by atoms with Crippen molar-refractivity contribution in [2.45, 2.75) is 233 Å². The number of carbonyl (C=O) groups is 1. The van der Waals surface area contributed by atoms with Crippen molar-refractivity contribution in [3.63, 3.8) is 0 Å². The van der Waals surface area contributed by atoms with Gasteiger partial charge in [0, 0.05) is 39.1 Å². The molecule has 0 atom stereocenters. The Bertz CT molecular complexity index is 688. The topological polar surface area (TPSA) is 65.5 Å². The summed E-state index contributed by atoms with van der Waals surface area (Å²) in [7, 11) is 0. The average Bonchev–Trinajstić information content (AvgIpc) is 3.16. The molecule has 0 saturated carbocycles. The van der Waals surface area contributed by atoms with Gasteiger partial charge in [0.1, 0.15) is 0 Å². The van der Waals surface area contributed by atoms with Crippen LogP contribution < -0.4 is 0 Å². The Morgan fingerprint density at radius 1 is 0.396 bits per heavy atom. The van der Waals surface area contributed by atoms with E-state index in [1.165, 1.54) is 173 Å². The number of nitrogens with zero attached hydrogens (tertiary/aromatic N) is 3. The Labute approximate surface area is 332 Å². The monoisotopic (exact) mass is 754 g/mol. The van der Waals surface area contributed by atoms with Crippen molar-refractivity contribution in [3.05, 3.63) is 0 Å². The molecule has 0 bridgehead atoms. The highest BCUT2D eigenvalue weighted by Crippen LogP contribution is 2.14. The SMILES string of the molecule is CCCCCCN(CCCCCC)OCCCCCCCCCCN(CCO)CCCCCCCCCC(=O)ON(CCCCCC)CCCCCC. The maximum atomic E-state index is 12.5. The van der Waals surface area contributed by atoms with Gasteiger partial charge in [0.05, 0.1) is 13.2 Å². The predicted molar refractivity (Wildman–Crippen MR) is 229 cm³/mol. The van der Waals surface area contributed by atoms with Crippen LogP contribution in [0.2, 0.25) is 0 Å². The summed E-state index contributed by atoms with van der Waals surface area (Å²) in [6, 6.07) is 0. The van der Waals surface area contributed by atoms with Crippen LogP contribution in [0.5, 0.6) is 0 Å². The molecular weight excluding hydrogens is 659 g/mol. The zero-order chi connectivity index (χ0) is 38.7. The predicted octanol–water partition coefficient (Wildman–Crippen LogP) is 12.8. The molecular formula is C46H95N3O4. The number of unbranched alkanes of at least 4 members (excludes halogenated alkanes) is 25. The summed E-state index contributed by atoms with van der Waals surface area (Å²) in [6.07, 6.45) is 39.3. The summed E-state index contributed by atoms with van der Waals surface area (Å²) in [5, 5.41) is 13.8. The van der Waals surface area contributed by atoms with E-state index in [0.717, 1.165) is 78.1 Å². The Hall–Kier alpha value is -0.730. The van der Waals surface area contributed by atoms with Gasteiger partial charge in [-0.2, -0.15) is 5.06 Å². The van der Waals surface area contributed by atoms with Gasteiger partial charge >= 0.3 is 5.97 Å². The molecule has 0 aliphatic carbocycles. The van der Waals surface area contributed by atoms with E-state index in [0.29, 0.717) is 6.42 Å². The summed E-state index contributed by atoms with van der Waals surface area (Å²) >= 11 is 0. The zero-order valence-corrected chi connectivity index (χ0v) is 36.5. The third kappa shape index (κ3) is 39.3. The van der Waals surface area contributed by atoms with E-state index in [2.05, 4.69) is 37.7 Å². The molecule has 0 heterocycles. The van der Waals surface area contributed by atoms with Crippen molar-refractivity contribution in [3.8, 4) is 0 Å². The van der Waals surface area contributed by atoms with Gasteiger partial charge in [0.15, 0.2) is 0 Å². The molecule has 0 amide bonds. The average molecular weight is 754 g/mol. The fourth-order valence-corrected chi connectivity index (χ4v) is 7.15. The number of aliphatic hydroxyl groups is 1. The summed E-state index contributed by atoms with van der Waals surface area (Å²) in [5.41, 5.74) is 0. The second kappa shape index (κ2) is 44.0. The van der Waals surface area contributed by atoms with Crippen LogP contribution in [0.4, 0.5) is 0 Å². The van der Waals surface area contributed by atoms with Gasteiger partial charge in [-0.15, -0.1) is 5.06 Å². The van der Waals surface area contributed by atoms with Crippen molar-refractivity contribution in [1.82, 2.24) is 15.0 Å². The number of hydroxylamine groups is 4. The van der Waals surface area contributed by atoms with Crippen molar-refractivity contribution in [2.24, 2.45) is 0 Å². The van der Waals surface area contributed by atoms with Crippen LogP contribution in [0.1, 0.15) is 233 Å². The van der Waals surface area contributed by atoms with Crippen molar-refractivity contribution in [1.29, 1.82) is 0 Å². The summed E-state index contributed by atoms with van der Waals surface area (Å²) in [5.74, 6) is -0.0419. The third-order valence-electron chi connectivity index (χ3n) is 10.7. The Kier molecular flexibility index (Phi) is 43.4. The molecule has 0 unspecified atom stereocenters. The molecule has 0 aromatic rings. The van der Waals surface area contributed by atoms with Gasteiger partial charge < -0.3 is 14.8 Å². The molecule has 0 fully saturated rings. The van der Waals surface area contributed by atoms with Crippen LogP contribution >= 0.6 is 0 Å². The molecule has 0 aromatic heterocycles. The minimum atomic E-state index is -0.0419. The second-order valence-corrected chi connectivity index (χ2v) is 16.0. The minimum absolute atomic E-state index is 0.0419. The maximum absolute atomic E-state index is 12.5. The minimum Gasteiger partial charge on any atom is -0.395 e. The van der Waals surface area contributed by atoms with E-state index >= 15 is 0 Å². The van der Waals surface area contributed by atoms with Crippen molar-refractivity contribution in [2.75, 3.05) is 59.0 Å². The van der Waals surface area contributed by atoms with E-state index in [9.17, 15) is 9.90 Å². The highest BCUT2D eigenvalue weighted by atomic mass is 16.7. The lowest BCUT2D eigenvalue weighted by Crippen LogP contribution is -2.29. The molecule has 318 valence electrons. The first-order valence-corrected chi connectivity index (χ1v) is 23.8. The molecule has 0 aliphatic rings. The summed E-state index contributed by atoms with van der Waals surface area (Å²) in [6.45, 7) is 17.2. The van der Waals surface area contributed by atoms with Gasteiger partial charge in [-0.3, -0.25) is 9.63 Å². The lowest BCUT2D eigenvalue weighted by atomic mass is 10.1. The first-order chi connectivity index (χ1) is 26.1. The quantitative estimate of drug-likeness (QED) is 0.0490. The number of hydrogen-bond donors (Lipinski definition) is 1. The van der Waals surface area contributed by atoms with Gasteiger partial charge in [-0.25, -0.2) is 0 Å². The highest BCUT2D eigenvalue weighted by Gasteiger charge is 2.12. The molecule has 0 spiro atoms. The van der Waals surface area contributed by atoms with Crippen LogP contribution in [-0.4, -0.2) is 85.1 Å². The van der Waals surface area contributed by atoms with E-state index < -0.39 is 0 Å². The van der Waals surface area contributed by atoms with E-state index in [4.69, 9.17) is 9.68 Å². The third-order valence-corrected chi connectivity index (χ3v) is 10.7. The molecule has 0 aliphatic heterocycles. The molecule has 0 aromatic carbocycles. The van der Waals surface area contributed by atoms with E-state index in [-0.39, 0.29) is 12.6 Å². The summed E-state index contributed by atoms with van der Waals surface area (Å²) in [4.78, 5) is 27.0. The van der Waals surface area contributed by atoms with Crippen LogP contribution in [0.3, 0.4) is 0 Å². The van der Waals surface area contributed by atoms with Crippen molar-refractivity contribution >= 4 is 5.97 Å². The van der Waals surface area contributed by atoms with Gasteiger partial charge in [0.25, 0.3) is 0 Å². The Morgan fingerprint density at radius 3 is 1.15 bits per heavy atom. The normalized spacial score (nSPS) is 11.8. The fourth-order valence-electron chi connectivity index (χ4n) is 7.15. The molecule has 7 nitrogen and oxygen atoms in total.